The van der Waals surface area contributed by atoms with E-state index >= 15 is 4.79 Å². The predicted molar refractivity (Wildman–Crippen MR) is 273 cm³/mol. The number of ether oxygens (including phenoxy) is 8. The number of hydrogen-bond acceptors (Lipinski definition) is 17. The standard InChI is InChI=1S/C57H55N3O13S/c1-30-23-36-24-38-55(64)60-39-27-68-56(65)57(37-26-40(66-5)41(25-35(37)21-22-58-57)72-42(62)19-17-33-13-9-7-10-14-33)28-74-54(46-45(39)52-51(69-29-70-52)31(2)50(46)71-32(3)61)48(60)47(59(38)4)44(36)53(49(30)67-6)73-43(63)20-18-34-15-11-8-12-16-34/h7-20,23,25-26,38-39,47-48,54-55,58,64H,21-22,24,27-29H2,1-6H3/b19-17+,20-18?/t38-,39-,47+,48?,54+,55-,57+/m0/s1. The molecule has 74 heavy (non-hydrogen) atoms. The summed E-state index contributed by atoms with van der Waals surface area (Å²) in [4.78, 5) is 59.9. The summed E-state index contributed by atoms with van der Waals surface area (Å²) in [6.07, 6.45) is 5.81. The number of methoxy groups -OCH3 is 2. The Balaban J connectivity index is 1.07. The van der Waals surface area contributed by atoms with Crippen LogP contribution in [0.15, 0.2) is 91.0 Å². The maximum Gasteiger partial charge on any atom is 0.336 e. The normalized spacial score (nSPS) is 24.6. The molecule has 0 aliphatic carbocycles. The molecule has 4 bridgehead atoms. The summed E-state index contributed by atoms with van der Waals surface area (Å²) >= 11 is 1.43. The Hall–Kier alpha value is -7.15. The van der Waals surface area contributed by atoms with Gasteiger partial charge in [-0.1, -0.05) is 66.7 Å². The predicted octanol–water partition coefficient (Wildman–Crippen LogP) is 7.24. The monoisotopic (exact) mass is 1020 g/mol. The summed E-state index contributed by atoms with van der Waals surface area (Å²) in [5.41, 5.74) is 5.54. The molecule has 0 radical (unpaired) electrons. The second-order valence-corrected chi connectivity index (χ2v) is 20.4. The van der Waals surface area contributed by atoms with Gasteiger partial charge in [-0.05, 0) is 91.4 Å². The maximum atomic E-state index is 15.3. The molecule has 2 fully saturated rings. The van der Waals surface area contributed by atoms with Crippen LogP contribution in [0.1, 0.15) is 79.9 Å². The van der Waals surface area contributed by atoms with Crippen molar-refractivity contribution in [1.29, 1.82) is 0 Å². The lowest BCUT2D eigenvalue weighted by Gasteiger charge is -2.62. The lowest BCUT2D eigenvalue weighted by Crippen LogP contribution is -2.70. The minimum atomic E-state index is -1.49. The van der Waals surface area contributed by atoms with Crippen molar-refractivity contribution < 1.29 is 62.2 Å². The fraction of sp³-hybridized carbons (Fsp3) is 0.333. The molecule has 17 heteroatoms. The van der Waals surface area contributed by atoms with E-state index in [9.17, 15) is 19.5 Å². The van der Waals surface area contributed by atoms with Gasteiger partial charge in [0, 0.05) is 59.7 Å². The van der Waals surface area contributed by atoms with E-state index in [0.717, 1.165) is 27.8 Å². The van der Waals surface area contributed by atoms with Gasteiger partial charge in [0.2, 0.25) is 6.79 Å². The molecule has 16 nitrogen and oxygen atoms in total. The van der Waals surface area contributed by atoms with Crippen LogP contribution in [0.4, 0.5) is 0 Å². The van der Waals surface area contributed by atoms with Crippen LogP contribution in [0, 0.1) is 13.8 Å². The number of nitrogens with zero attached hydrogens (tertiary/aromatic N) is 2. The van der Waals surface area contributed by atoms with E-state index in [2.05, 4.69) is 10.2 Å². The molecule has 1 unspecified atom stereocenters. The number of nitrogens with one attached hydrogen (secondary N) is 1. The van der Waals surface area contributed by atoms with E-state index in [1.807, 2.05) is 92.5 Å². The SMILES string of the molecule is COc1cc2c(cc1OC(=O)/C=C/c1ccccc1)CCN[C@]21CS[C@@H]2c3c(OC(C)=O)c(C)c4c(c3[C@H](COC1=O)N1C2[C@H]2c3c(cc(C)c(OC)c3OC(=O)C=Cc3ccccc3)C[C@@H]([C@@H]1O)N2C)OCO4. The van der Waals surface area contributed by atoms with Gasteiger partial charge < -0.3 is 43.0 Å². The highest BCUT2D eigenvalue weighted by atomic mass is 32.2. The summed E-state index contributed by atoms with van der Waals surface area (Å²) in [6, 6.07) is 21.7. The summed E-state index contributed by atoms with van der Waals surface area (Å²) in [6.45, 7) is 5.04. The molecule has 0 aromatic heterocycles. The fourth-order valence-electron chi connectivity index (χ4n) is 11.9. The number of hydrogen-bond donors (Lipinski definition) is 2. The van der Waals surface area contributed by atoms with Gasteiger partial charge >= 0.3 is 23.9 Å². The van der Waals surface area contributed by atoms with E-state index in [1.54, 1.807) is 31.4 Å². The van der Waals surface area contributed by atoms with Crippen molar-refractivity contribution in [3.63, 3.8) is 0 Å². The van der Waals surface area contributed by atoms with Crippen LogP contribution in [-0.4, -0.2) is 104 Å². The summed E-state index contributed by atoms with van der Waals surface area (Å²) in [7, 11) is 4.97. The number of aliphatic hydroxyl groups excluding tert-OH is 1. The Labute approximate surface area is 432 Å². The highest BCUT2D eigenvalue weighted by Crippen LogP contribution is 2.64. The number of aliphatic hydroxyl groups is 1. The molecule has 5 aromatic rings. The Morgan fingerprint density at radius 1 is 0.797 bits per heavy atom. The number of thioether (sulfide) groups is 1. The number of rotatable bonds is 9. The van der Waals surface area contributed by atoms with Gasteiger partial charge in [-0.25, -0.2) is 14.4 Å². The van der Waals surface area contributed by atoms with Crippen LogP contribution in [0.3, 0.4) is 0 Å². The fourth-order valence-corrected chi connectivity index (χ4v) is 13.6. The average molecular weight is 1020 g/mol. The number of carbonyl (C=O) groups is 4. The number of benzene rings is 5. The Kier molecular flexibility index (Phi) is 13.0. The molecule has 1 spiro atoms. The van der Waals surface area contributed by atoms with Crippen LogP contribution >= 0.6 is 11.8 Å². The second kappa shape index (κ2) is 19.6. The number of aryl methyl sites for hydroxylation is 1. The van der Waals surface area contributed by atoms with Gasteiger partial charge in [-0.2, -0.15) is 0 Å². The van der Waals surface area contributed by atoms with Crippen molar-refractivity contribution in [1.82, 2.24) is 15.1 Å². The number of likely N-dealkylation sites (N-methyl/N-ethyl adjacent to an activating group) is 1. The van der Waals surface area contributed by atoms with E-state index in [4.69, 9.17) is 37.9 Å². The van der Waals surface area contributed by atoms with Crippen LogP contribution < -0.4 is 38.5 Å². The van der Waals surface area contributed by atoms with Gasteiger partial charge in [0.1, 0.15) is 18.6 Å². The van der Waals surface area contributed by atoms with Gasteiger partial charge in [0.25, 0.3) is 0 Å². The topological polar surface area (TPSA) is 181 Å². The molecule has 2 saturated heterocycles. The van der Waals surface area contributed by atoms with E-state index in [0.29, 0.717) is 64.5 Å². The molecule has 7 atom stereocenters. The maximum absolute atomic E-state index is 15.3. The van der Waals surface area contributed by atoms with Crippen molar-refractivity contribution in [2.24, 2.45) is 0 Å². The van der Waals surface area contributed by atoms with Crippen molar-refractivity contribution >= 4 is 47.8 Å². The molecule has 2 N–H and O–H groups in total. The number of esters is 4. The van der Waals surface area contributed by atoms with Gasteiger partial charge in [-0.15, -0.1) is 11.8 Å². The Bertz CT molecular complexity index is 3160. The largest absolute Gasteiger partial charge is 0.493 e. The smallest absolute Gasteiger partial charge is 0.336 e. The first-order valence-corrected chi connectivity index (χ1v) is 25.5. The molecule has 5 aromatic carbocycles. The van der Waals surface area contributed by atoms with Crippen LogP contribution in [0.5, 0.6) is 40.2 Å². The molecular formula is C57H55N3O13S. The number of carbonyl (C=O) groups excluding carboxylic acids is 4. The Morgan fingerprint density at radius 2 is 1.49 bits per heavy atom. The van der Waals surface area contributed by atoms with Crippen LogP contribution in [-0.2, 0) is 42.3 Å². The lowest BCUT2D eigenvalue weighted by atomic mass is 9.73. The van der Waals surface area contributed by atoms with Crippen LogP contribution in [0.25, 0.3) is 12.2 Å². The summed E-state index contributed by atoms with van der Waals surface area (Å²) < 4.78 is 49.5. The zero-order valence-electron chi connectivity index (χ0n) is 41.7. The first-order chi connectivity index (χ1) is 35.8. The molecule has 0 amide bonds. The van der Waals surface area contributed by atoms with Gasteiger partial charge in [-0.3, -0.25) is 19.9 Å². The minimum absolute atomic E-state index is 0.0548. The molecule has 12 rings (SSSR count). The third kappa shape index (κ3) is 8.27. The molecule has 7 heterocycles. The lowest BCUT2D eigenvalue weighted by molar-refractivity contribution is -0.186. The first kappa shape index (κ1) is 49.1. The third-order valence-corrected chi connectivity index (χ3v) is 16.5. The van der Waals surface area contributed by atoms with Gasteiger partial charge in [0.05, 0.1) is 37.6 Å². The zero-order chi connectivity index (χ0) is 51.6. The van der Waals surface area contributed by atoms with Crippen molar-refractivity contribution in [2.75, 3.05) is 47.0 Å². The molecule has 7 aliphatic rings. The van der Waals surface area contributed by atoms with Crippen molar-refractivity contribution in [2.45, 2.75) is 74.8 Å². The second-order valence-electron chi connectivity index (χ2n) is 19.2. The van der Waals surface area contributed by atoms with E-state index in [-0.39, 0.29) is 42.2 Å². The average Bonchev–Trinajstić information content (AvgIpc) is 3.90. The minimum Gasteiger partial charge on any atom is -0.493 e. The summed E-state index contributed by atoms with van der Waals surface area (Å²) in [5.74, 6) is -0.156. The Morgan fingerprint density at radius 3 is 2.16 bits per heavy atom. The number of piperazine rings is 1. The van der Waals surface area contributed by atoms with Crippen molar-refractivity contribution in [3.8, 4) is 40.2 Å². The summed E-state index contributed by atoms with van der Waals surface area (Å²) in [5, 5.41) is 15.8. The van der Waals surface area contributed by atoms with E-state index < -0.39 is 65.1 Å². The quantitative estimate of drug-likeness (QED) is 0.0856. The zero-order valence-corrected chi connectivity index (χ0v) is 42.5. The number of fused-ring (bicyclic) bond motifs is 9. The van der Waals surface area contributed by atoms with Gasteiger partial charge in [0.15, 0.2) is 40.0 Å². The van der Waals surface area contributed by atoms with Crippen LogP contribution in [0.2, 0.25) is 0 Å². The molecule has 382 valence electrons. The molecular weight excluding hydrogens is 967 g/mol. The third-order valence-electron chi connectivity index (χ3n) is 15.1. The highest BCUT2D eigenvalue weighted by molar-refractivity contribution is 7.99. The van der Waals surface area contributed by atoms with E-state index in [1.165, 1.54) is 37.9 Å². The highest BCUT2D eigenvalue weighted by Gasteiger charge is 2.61. The molecule has 7 aliphatic heterocycles. The molecule has 0 saturated carbocycles. The first-order valence-electron chi connectivity index (χ1n) is 24.5. The van der Waals surface area contributed by atoms with Crippen molar-refractivity contribution in [3.05, 3.63) is 147 Å².